The second kappa shape index (κ2) is 12.8. The van der Waals surface area contributed by atoms with Crippen LogP contribution in [0, 0.1) is 46.3 Å². The van der Waals surface area contributed by atoms with E-state index in [2.05, 4.69) is 31.4 Å². The normalized spacial score (nSPS) is 43.1. The van der Waals surface area contributed by atoms with E-state index in [0.717, 1.165) is 84.0 Å². The fourth-order valence-corrected chi connectivity index (χ4v) is 9.82. The van der Waals surface area contributed by atoms with Crippen molar-refractivity contribution in [2.24, 2.45) is 52.1 Å². The van der Waals surface area contributed by atoms with Gasteiger partial charge >= 0.3 is 0 Å². The van der Waals surface area contributed by atoms with Gasteiger partial charge in [-0.3, -0.25) is 4.79 Å². The average molecular weight is 536 g/mol. The molecule has 0 bridgehead atoms. The molecular weight excluding hydrogens is 478 g/mol. The third-order valence-electron chi connectivity index (χ3n) is 12.0. The highest BCUT2D eigenvalue weighted by molar-refractivity contribution is 5.75. The molecule has 7 N–H and O–H groups in total. The Labute approximate surface area is 231 Å². The number of nitrogens with two attached hydrogens (primary N) is 1. The molecule has 0 saturated heterocycles. The van der Waals surface area contributed by atoms with Crippen molar-refractivity contribution in [1.82, 2.24) is 10.6 Å². The van der Waals surface area contributed by atoms with Crippen LogP contribution in [0.5, 0.6) is 0 Å². The molecule has 220 valence electrons. The van der Waals surface area contributed by atoms with Gasteiger partial charge in [0.2, 0.25) is 5.91 Å². The molecule has 38 heavy (non-hydrogen) atoms. The molecule has 0 aromatic heterocycles. The molecule has 0 aromatic carbocycles. The second-order valence-corrected chi connectivity index (χ2v) is 14.0. The predicted octanol–water partition coefficient (Wildman–Crippen LogP) is 3.20. The maximum Gasteiger partial charge on any atom is 0.220 e. The van der Waals surface area contributed by atoms with Gasteiger partial charge in [-0.25, -0.2) is 0 Å². The Kier molecular flexibility index (Phi) is 10.2. The topological polar surface area (TPSA) is 128 Å². The maximum absolute atomic E-state index is 12.5. The highest BCUT2D eigenvalue weighted by Crippen LogP contribution is 2.68. The molecule has 1 amide bonds. The van der Waals surface area contributed by atoms with Gasteiger partial charge in [-0.05, 0) is 137 Å². The molecule has 11 atom stereocenters. The summed E-state index contributed by atoms with van der Waals surface area (Å²) in [5.74, 6) is 2.17. The zero-order valence-electron chi connectivity index (χ0n) is 24.3. The summed E-state index contributed by atoms with van der Waals surface area (Å²) in [7, 11) is 0. The first-order valence-corrected chi connectivity index (χ1v) is 15.8. The lowest BCUT2D eigenvalue weighted by Gasteiger charge is -2.63. The molecule has 0 heterocycles. The number of aliphatic hydroxyl groups is 3. The van der Waals surface area contributed by atoms with Crippen molar-refractivity contribution < 1.29 is 20.1 Å². The number of amides is 1. The molecule has 0 radical (unpaired) electrons. The fraction of sp³-hybridized carbons (Fsp3) is 0.968. The van der Waals surface area contributed by atoms with Crippen LogP contribution >= 0.6 is 0 Å². The van der Waals surface area contributed by atoms with Crippen molar-refractivity contribution in [2.75, 3.05) is 26.2 Å². The first-order chi connectivity index (χ1) is 18.1. The summed E-state index contributed by atoms with van der Waals surface area (Å²) in [4.78, 5) is 12.5. The van der Waals surface area contributed by atoms with Crippen LogP contribution in [0.15, 0.2) is 0 Å². The fourth-order valence-electron chi connectivity index (χ4n) is 9.82. The lowest BCUT2D eigenvalue weighted by Crippen LogP contribution is -2.64. The largest absolute Gasteiger partial charge is 0.393 e. The lowest BCUT2D eigenvalue weighted by molar-refractivity contribution is -0.223. The van der Waals surface area contributed by atoms with E-state index in [1.165, 1.54) is 6.42 Å². The minimum absolute atomic E-state index is 0.00561. The number of fused-ring (bicyclic) bond motifs is 5. The Hall–Kier alpha value is -0.730. The molecule has 4 rings (SSSR count). The Morgan fingerprint density at radius 1 is 0.895 bits per heavy atom. The van der Waals surface area contributed by atoms with E-state index in [1.807, 2.05) is 0 Å². The van der Waals surface area contributed by atoms with Crippen molar-refractivity contribution in [1.29, 1.82) is 0 Å². The van der Waals surface area contributed by atoms with Crippen LogP contribution < -0.4 is 16.4 Å². The molecule has 7 nitrogen and oxygen atoms in total. The molecule has 7 heteroatoms. The summed E-state index contributed by atoms with van der Waals surface area (Å²) in [5, 5.41) is 39.5. The molecule has 4 fully saturated rings. The van der Waals surface area contributed by atoms with Gasteiger partial charge < -0.3 is 31.7 Å². The van der Waals surface area contributed by atoms with Gasteiger partial charge in [0.05, 0.1) is 18.3 Å². The Balaban J connectivity index is 1.28. The maximum atomic E-state index is 12.5. The molecule has 0 spiro atoms. The standard InChI is InChI=1S/C31H57N3O4/c1-20(7-10-26(36)34-18-6-17-33-16-5-4-15-32)22-8-9-23-27-24(12-14-30(22,23)2)31(3)13-11-21(35)19-25(31)28(37)29(27)38/h20-25,27-29,33,35,37-38H,4-19,32H2,1-3H3,(H,34,36)/t20-,21-,22-,23+,24+,25+,27+,28-,29+,30-,31-/m0/s1. The van der Waals surface area contributed by atoms with Crippen molar-refractivity contribution in [3.8, 4) is 0 Å². The number of unbranched alkanes of at least 4 members (excludes halogenated alkanes) is 1. The first kappa shape index (κ1) is 30.2. The van der Waals surface area contributed by atoms with Gasteiger partial charge in [0.1, 0.15) is 0 Å². The van der Waals surface area contributed by atoms with Crippen molar-refractivity contribution in [3.63, 3.8) is 0 Å². The third kappa shape index (κ3) is 5.97. The summed E-state index contributed by atoms with van der Waals surface area (Å²) >= 11 is 0. The summed E-state index contributed by atoms with van der Waals surface area (Å²) < 4.78 is 0. The van der Waals surface area contributed by atoms with E-state index in [0.29, 0.717) is 36.5 Å². The van der Waals surface area contributed by atoms with Gasteiger partial charge in [-0.2, -0.15) is 0 Å². The third-order valence-corrected chi connectivity index (χ3v) is 12.0. The second-order valence-electron chi connectivity index (χ2n) is 14.0. The molecule has 0 unspecified atom stereocenters. The summed E-state index contributed by atoms with van der Waals surface area (Å²) in [6.07, 6.45) is 9.75. The van der Waals surface area contributed by atoms with E-state index in [1.54, 1.807) is 0 Å². The van der Waals surface area contributed by atoms with Gasteiger partial charge in [0.25, 0.3) is 0 Å². The van der Waals surface area contributed by atoms with Crippen LogP contribution in [0.1, 0.15) is 97.8 Å². The molecule has 4 aliphatic carbocycles. The Morgan fingerprint density at radius 2 is 1.61 bits per heavy atom. The van der Waals surface area contributed by atoms with Gasteiger partial charge in [0.15, 0.2) is 0 Å². The SMILES string of the molecule is C[C@@H](CCC(=O)NCCCNCCCCN)[C@@H]1CC[C@@H]2[C@H]3[C@@H](O)[C@@H](O)[C@H]4C[C@@H](O)CC[C@@]4(C)[C@@H]3CC[C@]21C. The summed E-state index contributed by atoms with van der Waals surface area (Å²) in [5.41, 5.74) is 5.68. The van der Waals surface area contributed by atoms with E-state index >= 15 is 0 Å². The van der Waals surface area contributed by atoms with Crippen molar-refractivity contribution in [2.45, 2.75) is 116 Å². The number of rotatable bonds is 12. The minimum Gasteiger partial charge on any atom is -0.393 e. The Bertz CT molecular complexity index is 782. The monoisotopic (exact) mass is 535 g/mol. The number of carbonyl (C=O) groups is 1. The molecule has 4 saturated carbocycles. The summed E-state index contributed by atoms with van der Waals surface area (Å²) in [6, 6.07) is 0. The average Bonchev–Trinajstić information content (AvgIpc) is 3.25. The smallest absolute Gasteiger partial charge is 0.220 e. The molecule has 4 aliphatic rings. The van der Waals surface area contributed by atoms with Gasteiger partial charge in [-0.15, -0.1) is 0 Å². The zero-order chi connectivity index (χ0) is 27.5. The Morgan fingerprint density at radius 3 is 2.37 bits per heavy atom. The molecule has 0 aromatic rings. The van der Waals surface area contributed by atoms with E-state index in [-0.39, 0.29) is 34.7 Å². The molecule has 0 aliphatic heterocycles. The van der Waals surface area contributed by atoms with Crippen molar-refractivity contribution in [3.05, 3.63) is 0 Å². The highest BCUT2D eigenvalue weighted by Gasteiger charge is 2.65. The van der Waals surface area contributed by atoms with Crippen LogP contribution in [0.2, 0.25) is 0 Å². The minimum atomic E-state index is -0.736. The first-order valence-electron chi connectivity index (χ1n) is 15.8. The van der Waals surface area contributed by atoms with E-state index < -0.39 is 12.2 Å². The highest BCUT2D eigenvalue weighted by atomic mass is 16.3. The van der Waals surface area contributed by atoms with Crippen LogP contribution in [0.3, 0.4) is 0 Å². The number of aliphatic hydroxyl groups excluding tert-OH is 3. The predicted molar refractivity (Wildman–Crippen MR) is 151 cm³/mol. The quantitative estimate of drug-likeness (QED) is 0.213. The molecular formula is C31H57N3O4. The summed E-state index contributed by atoms with van der Waals surface area (Å²) in [6.45, 7) is 10.5. The number of nitrogens with one attached hydrogen (secondary N) is 2. The van der Waals surface area contributed by atoms with Crippen LogP contribution in [-0.4, -0.2) is 65.7 Å². The van der Waals surface area contributed by atoms with Crippen LogP contribution in [-0.2, 0) is 4.79 Å². The zero-order valence-corrected chi connectivity index (χ0v) is 24.3. The van der Waals surface area contributed by atoms with E-state index in [9.17, 15) is 20.1 Å². The van der Waals surface area contributed by atoms with Crippen LogP contribution in [0.25, 0.3) is 0 Å². The van der Waals surface area contributed by atoms with Crippen LogP contribution in [0.4, 0.5) is 0 Å². The number of hydrogen-bond donors (Lipinski definition) is 6. The van der Waals surface area contributed by atoms with E-state index in [4.69, 9.17) is 5.73 Å². The number of carbonyl (C=O) groups excluding carboxylic acids is 1. The van der Waals surface area contributed by atoms with Gasteiger partial charge in [-0.1, -0.05) is 20.8 Å². The van der Waals surface area contributed by atoms with Gasteiger partial charge in [0, 0.05) is 13.0 Å². The van der Waals surface area contributed by atoms with Crippen molar-refractivity contribution >= 4 is 5.91 Å². The number of hydrogen-bond acceptors (Lipinski definition) is 6. The lowest BCUT2D eigenvalue weighted by atomic mass is 9.43.